The van der Waals surface area contributed by atoms with Crippen LogP contribution in [0.25, 0.3) is 32.3 Å². The van der Waals surface area contributed by atoms with Crippen molar-refractivity contribution in [2.24, 2.45) is 5.73 Å². The number of carbonyl (C=O) groups excluding carboxylic acids is 1. The maximum absolute atomic E-state index is 8.58. The zero-order valence-corrected chi connectivity index (χ0v) is 10.3. The molecule has 0 heterocycles. The maximum atomic E-state index is 8.58. The van der Waals surface area contributed by atoms with Crippen LogP contribution >= 0.6 is 0 Å². The lowest BCUT2D eigenvalue weighted by atomic mass is 9.95. The summed E-state index contributed by atoms with van der Waals surface area (Å²) in [6, 6.07) is 21.9. The standard InChI is InChI=1S/C16H10.CH3NO/c1-3-11-7-9-13-5-2-6-14-10-8-12(4-1)15(11)16(13)14;2-1-3/h1-10H;1H,(H2,2,3). The molecule has 0 aliphatic heterocycles. The number of nitrogens with two attached hydrogens (primary N) is 1. The summed E-state index contributed by atoms with van der Waals surface area (Å²) < 4.78 is 0. The van der Waals surface area contributed by atoms with Gasteiger partial charge in [0.1, 0.15) is 0 Å². The Balaban J connectivity index is 0.000000339. The van der Waals surface area contributed by atoms with Crippen molar-refractivity contribution in [1.82, 2.24) is 0 Å². The molecule has 0 aliphatic carbocycles. The van der Waals surface area contributed by atoms with Gasteiger partial charge >= 0.3 is 0 Å². The number of rotatable bonds is 0. The minimum Gasteiger partial charge on any atom is -0.372 e. The summed E-state index contributed by atoms with van der Waals surface area (Å²) in [6.07, 6.45) is 0.250. The fraction of sp³-hybridized carbons (Fsp3) is 0. The normalized spacial score (nSPS) is 10.5. The molecule has 0 fully saturated rings. The van der Waals surface area contributed by atoms with Crippen LogP contribution in [0.15, 0.2) is 60.7 Å². The molecule has 4 aromatic rings. The van der Waals surface area contributed by atoms with E-state index in [9.17, 15) is 0 Å². The molecular formula is C17H13NO. The molecule has 2 N–H and O–H groups in total. The molecule has 0 aliphatic rings. The molecule has 1 amide bonds. The van der Waals surface area contributed by atoms with Crippen molar-refractivity contribution in [3.63, 3.8) is 0 Å². The fourth-order valence-electron chi connectivity index (χ4n) is 2.67. The first kappa shape index (κ1) is 11.5. The second-order valence-corrected chi connectivity index (χ2v) is 4.43. The van der Waals surface area contributed by atoms with Gasteiger partial charge in [0.25, 0.3) is 0 Å². The molecule has 0 spiro atoms. The molecule has 4 rings (SSSR count). The van der Waals surface area contributed by atoms with Crippen molar-refractivity contribution < 1.29 is 4.79 Å². The molecule has 0 saturated heterocycles. The van der Waals surface area contributed by atoms with Crippen LogP contribution in [-0.4, -0.2) is 6.41 Å². The SMILES string of the molecule is NC=O.c1cc2ccc3cccc4ccc(c1)c2c34. The molecule has 2 heteroatoms. The minimum absolute atomic E-state index is 0.250. The van der Waals surface area contributed by atoms with Crippen LogP contribution in [0, 0.1) is 0 Å². The molecule has 4 aromatic carbocycles. The highest BCUT2D eigenvalue weighted by atomic mass is 16.1. The summed E-state index contributed by atoms with van der Waals surface area (Å²) in [7, 11) is 0. The Labute approximate surface area is 110 Å². The number of hydrogen-bond acceptors (Lipinski definition) is 1. The Kier molecular flexibility index (Phi) is 2.76. The van der Waals surface area contributed by atoms with Gasteiger partial charge in [-0.05, 0) is 32.3 Å². The Bertz CT molecular complexity index is 721. The molecule has 0 unspecified atom stereocenters. The molecule has 0 saturated carbocycles. The van der Waals surface area contributed by atoms with Crippen molar-refractivity contribution in [2.75, 3.05) is 0 Å². The second kappa shape index (κ2) is 4.58. The molecule has 2 nitrogen and oxygen atoms in total. The van der Waals surface area contributed by atoms with Crippen molar-refractivity contribution >= 4 is 38.7 Å². The van der Waals surface area contributed by atoms with E-state index in [2.05, 4.69) is 66.4 Å². The highest BCUT2D eigenvalue weighted by Gasteiger charge is 2.05. The fourth-order valence-corrected chi connectivity index (χ4v) is 2.67. The highest BCUT2D eigenvalue weighted by molar-refractivity contribution is 6.22. The van der Waals surface area contributed by atoms with Gasteiger partial charge in [0.2, 0.25) is 6.41 Å². The minimum atomic E-state index is 0.250. The third-order valence-corrected chi connectivity index (χ3v) is 3.39. The summed E-state index contributed by atoms with van der Waals surface area (Å²) in [4.78, 5) is 8.58. The molecule has 0 radical (unpaired) electrons. The predicted octanol–water partition coefficient (Wildman–Crippen LogP) is 3.69. The maximum Gasteiger partial charge on any atom is 0.204 e. The van der Waals surface area contributed by atoms with E-state index in [0.717, 1.165) is 0 Å². The van der Waals surface area contributed by atoms with E-state index in [1.807, 2.05) is 0 Å². The topological polar surface area (TPSA) is 43.1 Å². The van der Waals surface area contributed by atoms with Crippen molar-refractivity contribution in [1.29, 1.82) is 0 Å². The van der Waals surface area contributed by atoms with E-state index >= 15 is 0 Å². The van der Waals surface area contributed by atoms with Gasteiger partial charge in [-0.2, -0.15) is 0 Å². The summed E-state index contributed by atoms with van der Waals surface area (Å²) in [5, 5.41) is 8.14. The highest BCUT2D eigenvalue weighted by Crippen LogP contribution is 2.33. The quantitative estimate of drug-likeness (QED) is 0.374. The van der Waals surface area contributed by atoms with Crippen molar-refractivity contribution in [3.8, 4) is 0 Å². The summed E-state index contributed by atoms with van der Waals surface area (Å²) in [6.45, 7) is 0. The van der Waals surface area contributed by atoms with Crippen molar-refractivity contribution in [2.45, 2.75) is 0 Å². The Morgan fingerprint density at radius 1 is 0.632 bits per heavy atom. The van der Waals surface area contributed by atoms with E-state index < -0.39 is 0 Å². The van der Waals surface area contributed by atoms with Crippen LogP contribution in [0.5, 0.6) is 0 Å². The van der Waals surface area contributed by atoms with Gasteiger partial charge < -0.3 is 5.73 Å². The number of amides is 1. The molecule has 0 bridgehead atoms. The van der Waals surface area contributed by atoms with E-state index in [-0.39, 0.29) is 6.41 Å². The predicted molar refractivity (Wildman–Crippen MR) is 80.4 cm³/mol. The van der Waals surface area contributed by atoms with Crippen molar-refractivity contribution in [3.05, 3.63) is 60.7 Å². The van der Waals surface area contributed by atoms with Crippen LogP contribution in [0.4, 0.5) is 0 Å². The van der Waals surface area contributed by atoms with Gasteiger partial charge in [0.05, 0.1) is 0 Å². The summed E-state index contributed by atoms with van der Waals surface area (Å²) >= 11 is 0. The van der Waals surface area contributed by atoms with Crippen LogP contribution in [0.2, 0.25) is 0 Å². The smallest absolute Gasteiger partial charge is 0.204 e. The monoisotopic (exact) mass is 247 g/mol. The molecule has 0 atom stereocenters. The Morgan fingerprint density at radius 3 is 1.16 bits per heavy atom. The Morgan fingerprint density at radius 2 is 0.895 bits per heavy atom. The summed E-state index contributed by atoms with van der Waals surface area (Å²) in [5.74, 6) is 0. The zero-order valence-electron chi connectivity index (χ0n) is 10.3. The van der Waals surface area contributed by atoms with E-state index in [0.29, 0.717) is 0 Å². The number of carbonyl (C=O) groups is 1. The average Bonchev–Trinajstić information content (AvgIpc) is 2.46. The average molecular weight is 247 g/mol. The lowest BCUT2D eigenvalue weighted by molar-refractivity contribution is -0.106. The van der Waals surface area contributed by atoms with Gasteiger partial charge in [-0.15, -0.1) is 0 Å². The van der Waals surface area contributed by atoms with Crippen LogP contribution in [0.1, 0.15) is 0 Å². The first-order valence-corrected chi connectivity index (χ1v) is 6.13. The van der Waals surface area contributed by atoms with Gasteiger partial charge in [0.15, 0.2) is 0 Å². The largest absolute Gasteiger partial charge is 0.372 e. The number of primary amides is 1. The van der Waals surface area contributed by atoms with E-state index in [4.69, 9.17) is 4.79 Å². The molecule has 92 valence electrons. The van der Waals surface area contributed by atoms with Gasteiger partial charge in [-0.1, -0.05) is 60.7 Å². The molecular weight excluding hydrogens is 234 g/mol. The second-order valence-electron chi connectivity index (χ2n) is 4.43. The molecule has 19 heavy (non-hydrogen) atoms. The van der Waals surface area contributed by atoms with Gasteiger partial charge in [0, 0.05) is 0 Å². The van der Waals surface area contributed by atoms with Gasteiger partial charge in [-0.25, -0.2) is 0 Å². The van der Waals surface area contributed by atoms with Crippen LogP contribution < -0.4 is 5.73 Å². The van der Waals surface area contributed by atoms with E-state index in [1.54, 1.807) is 0 Å². The Hall–Kier alpha value is -2.61. The number of hydrogen-bond donors (Lipinski definition) is 1. The summed E-state index contributed by atoms with van der Waals surface area (Å²) in [5.41, 5.74) is 4.17. The molecule has 0 aromatic heterocycles. The third kappa shape index (κ3) is 1.78. The van der Waals surface area contributed by atoms with Gasteiger partial charge in [-0.3, -0.25) is 4.79 Å². The van der Waals surface area contributed by atoms with Crippen LogP contribution in [-0.2, 0) is 4.79 Å². The lowest BCUT2D eigenvalue weighted by Gasteiger charge is -2.09. The first-order chi connectivity index (χ1) is 9.35. The third-order valence-electron chi connectivity index (χ3n) is 3.39. The number of benzene rings is 4. The van der Waals surface area contributed by atoms with E-state index in [1.165, 1.54) is 32.3 Å². The first-order valence-electron chi connectivity index (χ1n) is 6.13. The lowest BCUT2D eigenvalue weighted by Crippen LogP contribution is -1.82. The zero-order chi connectivity index (χ0) is 13.2. The van der Waals surface area contributed by atoms with Crippen LogP contribution in [0.3, 0.4) is 0 Å².